The lowest BCUT2D eigenvalue weighted by molar-refractivity contribution is 0.492. The number of aromatic nitrogens is 4. The van der Waals surface area contributed by atoms with E-state index in [0.29, 0.717) is 36.6 Å². The van der Waals surface area contributed by atoms with E-state index in [2.05, 4.69) is 10.1 Å². The summed E-state index contributed by atoms with van der Waals surface area (Å²) in [6, 6.07) is 4.70. The largest absolute Gasteiger partial charge is 0.350 e. The highest BCUT2D eigenvalue weighted by atomic mass is 35.5. The third-order valence-corrected chi connectivity index (χ3v) is 11.6. The van der Waals surface area contributed by atoms with E-state index in [0.717, 1.165) is 28.5 Å². The predicted octanol–water partition coefficient (Wildman–Crippen LogP) is 4.50. The average Bonchev–Trinajstić information content (AvgIpc) is 3.31. The van der Waals surface area contributed by atoms with Crippen molar-refractivity contribution in [2.24, 2.45) is 0 Å². The number of halogens is 4. The van der Waals surface area contributed by atoms with Gasteiger partial charge in [0.15, 0.2) is 23.3 Å². The molecule has 0 bridgehead atoms. The number of fused-ring (bicyclic) bond motifs is 1. The zero-order chi connectivity index (χ0) is 29.5. The van der Waals surface area contributed by atoms with Crippen LogP contribution in [0.1, 0.15) is 26.7 Å². The Bertz CT molecular complexity index is 1920. The summed E-state index contributed by atoms with van der Waals surface area (Å²) in [4.78, 5) is 7.46. The molecule has 218 valence electrons. The summed E-state index contributed by atoms with van der Waals surface area (Å²) in [6.07, 6.45) is 4.86. The number of pyridine rings is 1. The number of nitrogens with zero attached hydrogens (tertiary/aromatic N) is 6. The van der Waals surface area contributed by atoms with Crippen LogP contribution in [0, 0.1) is 11.6 Å². The van der Waals surface area contributed by atoms with E-state index in [9.17, 15) is 21.2 Å². The minimum absolute atomic E-state index is 0.0986. The zero-order valence-corrected chi connectivity index (χ0v) is 24.9. The highest BCUT2D eigenvalue weighted by molar-refractivity contribution is 7.91. The number of hydrogen-bond donors (Lipinski definition) is 0. The topological polar surface area (TPSA) is 110 Å². The highest BCUT2D eigenvalue weighted by Gasteiger charge is 2.53. The van der Waals surface area contributed by atoms with Crippen molar-refractivity contribution < 1.29 is 25.6 Å². The van der Waals surface area contributed by atoms with Gasteiger partial charge < -0.3 is 9.80 Å². The van der Waals surface area contributed by atoms with Crippen LogP contribution >= 0.6 is 23.2 Å². The van der Waals surface area contributed by atoms with Crippen molar-refractivity contribution in [2.45, 2.75) is 42.4 Å². The first-order chi connectivity index (χ1) is 19.3. The van der Waals surface area contributed by atoms with Crippen LogP contribution in [0.25, 0.3) is 10.9 Å². The van der Waals surface area contributed by atoms with E-state index in [1.54, 1.807) is 4.90 Å². The number of benzene rings is 1. The predicted molar refractivity (Wildman–Crippen MR) is 152 cm³/mol. The maximum Gasteiger partial charge on any atom is 0.285 e. The quantitative estimate of drug-likeness (QED) is 0.302. The van der Waals surface area contributed by atoms with E-state index in [-0.39, 0.29) is 37.5 Å². The number of anilines is 2. The van der Waals surface area contributed by atoms with Crippen LogP contribution in [0.2, 0.25) is 10.0 Å². The molecular formula is C25H24Cl2F2N6O4S2. The smallest absolute Gasteiger partial charge is 0.285 e. The standard InChI is InChI=1S/C25H24Cl2F2N6O4S2/c1-15(2)40(36,37)33-8-5-17(13-33)41(38,39)35-22-19(28)4-3-18(27)21(22)24(31-35)34-10-9-32(14-25(34)6-7-25)23-20(29)11-16(26)12-30-23/h3-5,8,11-13,15H,6-7,9-10,14H2,1-2H3. The lowest BCUT2D eigenvalue weighted by atomic mass is 10.1. The Kier molecular flexibility index (Phi) is 6.56. The van der Waals surface area contributed by atoms with Gasteiger partial charge >= 0.3 is 0 Å². The summed E-state index contributed by atoms with van der Waals surface area (Å²) >= 11 is 12.4. The molecule has 41 heavy (non-hydrogen) atoms. The summed E-state index contributed by atoms with van der Waals surface area (Å²) in [5.74, 6) is -1.09. The molecule has 1 spiro atoms. The number of rotatable bonds is 6. The van der Waals surface area contributed by atoms with Gasteiger partial charge in [-0.3, -0.25) is 3.97 Å². The monoisotopic (exact) mass is 644 g/mol. The molecule has 0 atom stereocenters. The summed E-state index contributed by atoms with van der Waals surface area (Å²) in [7, 11) is -8.39. The fraction of sp³-hybridized carbons (Fsp3) is 0.360. The van der Waals surface area contributed by atoms with Gasteiger partial charge in [0.2, 0.25) is 10.0 Å². The fourth-order valence-corrected chi connectivity index (χ4v) is 7.91. The van der Waals surface area contributed by atoms with Gasteiger partial charge in [0.25, 0.3) is 10.0 Å². The Morgan fingerprint density at radius 1 is 1.00 bits per heavy atom. The number of hydrogen-bond acceptors (Lipinski definition) is 8. The van der Waals surface area contributed by atoms with E-state index < -0.39 is 42.5 Å². The second kappa shape index (κ2) is 9.54. The molecule has 4 aromatic rings. The van der Waals surface area contributed by atoms with Crippen LogP contribution in [0.5, 0.6) is 0 Å². The molecule has 10 nitrogen and oxygen atoms in total. The van der Waals surface area contributed by atoms with E-state index in [4.69, 9.17) is 23.2 Å². The van der Waals surface area contributed by atoms with Crippen molar-refractivity contribution in [2.75, 3.05) is 29.4 Å². The molecular weight excluding hydrogens is 621 g/mol. The highest BCUT2D eigenvalue weighted by Crippen LogP contribution is 2.49. The normalized spacial score (nSPS) is 17.2. The molecule has 2 fully saturated rings. The van der Waals surface area contributed by atoms with E-state index in [1.165, 1.54) is 32.2 Å². The number of piperazine rings is 1. The fourth-order valence-electron chi connectivity index (χ4n) is 5.20. The summed E-state index contributed by atoms with van der Waals surface area (Å²) < 4.78 is 84.2. The van der Waals surface area contributed by atoms with Gasteiger partial charge in [0.05, 0.1) is 26.2 Å². The molecule has 1 aliphatic carbocycles. The van der Waals surface area contributed by atoms with Crippen LogP contribution in [0.15, 0.2) is 47.8 Å². The van der Waals surface area contributed by atoms with E-state index in [1.807, 2.05) is 4.90 Å². The summed E-state index contributed by atoms with van der Waals surface area (Å²) in [5.41, 5.74) is -0.887. The first-order valence-corrected chi connectivity index (χ1v) is 16.3. The molecule has 6 rings (SSSR count). The van der Waals surface area contributed by atoms with Gasteiger partial charge in [-0.25, -0.2) is 22.2 Å². The van der Waals surface area contributed by atoms with Crippen molar-refractivity contribution in [3.05, 3.63) is 64.5 Å². The van der Waals surface area contributed by atoms with Gasteiger partial charge in [0.1, 0.15) is 10.4 Å². The maximum absolute atomic E-state index is 15.3. The first-order valence-electron chi connectivity index (χ1n) is 12.6. The van der Waals surface area contributed by atoms with Gasteiger partial charge in [-0.2, -0.15) is 8.42 Å². The van der Waals surface area contributed by atoms with Crippen LogP contribution in [-0.2, 0) is 20.0 Å². The Hall–Kier alpha value is -2.94. The second-order valence-corrected chi connectivity index (χ2v) is 15.5. The SMILES string of the molecule is CC(C)S(=O)(=O)n1ccc(S(=O)(=O)n2nc(N3CCN(c4ncc(Cl)cc4F)CC34CC4)c3c(Cl)ccc(F)c32)c1. The van der Waals surface area contributed by atoms with Gasteiger partial charge in [-0.15, -0.1) is 9.19 Å². The van der Waals surface area contributed by atoms with Crippen LogP contribution < -0.4 is 9.80 Å². The maximum atomic E-state index is 15.3. The van der Waals surface area contributed by atoms with Crippen molar-refractivity contribution in [1.82, 2.24) is 18.1 Å². The molecule has 4 heterocycles. The Labute approximate surface area is 245 Å². The molecule has 16 heteroatoms. The lowest BCUT2D eigenvalue weighted by Crippen LogP contribution is -2.56. The minimum Gasteiger partial charge on any atom is -0.350 e. The molecule has 1 aliphatic heterocycles. The van der Waals surface area contributed by atoms with Crippen molar-refractivity contribution in [3.63, 3.8) is 0 Å². The zero-order valence-electron chi connectivity index (χ0n) is 21.8. The van der Waals surface area contributed by atoms with Crippen molar-refractivity contribution >= 4 is 65.8 Å². The van der Waals surface area contributed by atoms with Crippen LogP contribution in [0.4, 0.5) is 20.4 Å². The Balaban J connectivity index is 1.44. The molecule has 2 aliphatic rings. The molecule has 0 N–H and O–H groups in total. The molecule has 3 aromatic heterocycles. The van der Waals surface area contributed by atoms with Gasteiger partial charge in [-0.05, 0) is 51.0 Å². The molecule has 0 radical (unpaired) electrons. The molecule has 0 unspecified atom stereocenters. The van der Waals surface area contributed by atoms with Crippen molar-refractivity contribution in [3.8, 4) is 0 Å². The molecule has 1 aromatic carbocycles. The Morgan fingerprint density at radius 3 is 2.39 bits per heavy atom. The molecule has 0 amide bonds. The summed E-state index contributed by atoms with van der Waals surface area (Å²) in [6.45, 7) is 3.92. The average molecular weight is 646 g/mol. The second-order valence-electron chi connectivity index (χ2n) is 10.5. The van der Waals surface area contributed by atoms with Crippen LogP contribution in [-0.4, -0.2) is 65.4 Å². The van der Waals surface area contributed by atoms with Gasteiger partial charge in [0, 0.05) is 38.2 Å². The Morgan fingerprint density at radius 2 is 1.73 bits per heavy atom. The molecule has 1 saturated heterocycles. The third-order valence-electron chi connectivity index (χ3n) is 7.56. The van der Waals surface area contributed by atoms with Crippen LogP contribution in [0.3, 0.4) is 0 Å². The third kappa shape index (κ3) is 4.46. The minimum atomic E-state index is -4.56. The lowest BCUT2D eigenvalue weighted by Gasteiger charge is -2.43. The van der Waals surface area contributed by atoms with Crippen molar-refractivity contribution in [1.29, 1.82) is 0 Å². The van der Waals surface area contributed by atoms with E-state index >= 15 is 4.39 Å². The first kappa shape index (κ1) is 28.2. The van der Waals surface area contributed by atoms with Gasteiger partial charge in [-0.1, -0.05) is 23.2 Å². The molecule has 1 saturated carbocycles. The summed E-state index contributed by atoms with van der Waals surface area (Å²) in [5, 5.41) is 3.98.